The Morgan fingerprint density at radius 2 is 2.07 bits per heavy atom. The van der Waals surface area contributed by atoms with Crippen LogP contribution in [0.4, 0.5) is 5.69 Å². The highest BCUT2D eigenvalue weighted by Crippen LogP contribution is 2.34. The molecule has 76 valence electrons. The molecule has 0 spiro atoms. The lowest BCUT2D eigenvalue weighted by atomic mass is 10.0. The Balaban J connectivity index is 2.17. The van der Waals surface area contributed by atoms with E-state index in [0.717, 1.165) is 41.9 Å². The minimum atomic E-state index is 0.0283. The van der Waals surface area contributed by atoms with E-state index in [-0.39, 0.29) is 5.91 Å². The van der Waals surface area contributed by atoms with Crippen LogP contribution in [0.2, 0.25) is 0 Å². The Kier molecular flexibility index (Phi) is 1.78. The Hall–Kier alpha value is -1.77. The van der Waals surface area contributed by atoms with Gasteiger partial charge in [0, 0.05) is 23.5 Å². The number of rotatable bonds is 0. The second-order valence-electron chi connectivity index (χ2n) is 3.88. The number of para-hydroxylation sites is 1. The Labute approximate surface area is 88.2 Å². The van der Waals surface area contributed by atoms with E-state index < -0.39 is 0 Å². The fraction of sp³-hybridized carbons (Fsp3) is 0.250. The molecule has 3 heteroatoms. The topological polar surface area (TPSA) is 41.1 Å². The van der Waals surface area contributed by atoms with Gasteiger partial charge >= 0.3 is 0 Å². The number of carbonyl (C=O) groups is 1. The van der Waals surface area contributed by atoms with E-state index >= 15 is 0 Å². The summed E-state index contributed by atoms with van der Waals surface area (Å²) in [6.07, 6.45) is 2.10. The molecule has 0 radical (unpaired) electrons. The van der Waals surface area contributed by atoms with Crippen LogP contribution < -0.4 is 10.6 Å². The molecule has 0 aromatic heterocycles. The first-order valence-electron chi connectivity index (χ1n) is 5.24. The van der Waals surface area contributed by atoms with E-state index in [0.29, 0.717) is 0 Å². The van der Waals surface area contributed by atoms with E-state index in [9.17, 15) is 4.79 Å². The number of benzene rings is 1. The van der Waals surface area contributed by atoms with Gasteiger partial charge in [0.05, 0.1) is 5.57 Å². The zero-order valence-corrected chi connectivity index (χ0v) is 8.34. The molecule has 1 saturated heterocycles. The molecule has 0 atom stereocenters. The van der Waals surface area contributed by atoms with E-state index in [1.54, 1.807) is 0 Å². The maximum atomic E-state index is 11.8. The van der Waals surface area contributed by atoms with Crippen LogP contribution in [0.3, 0.4) is 0 Å². The van der Waals surface area contributed by atoms with Gasteiger partial charge in [-0.1, -0.05) is 18.2 Å². The van der Waals surface area contributed by atoms with Crippen molar-refractivity contribution in [2.24, 2.45) is 0 Å². The van der Waals surface area contributed by atoms with Crippen LogP contribution >= 0.6 is 0 Å². The predicted octanol–water partition coefficient (Wildman–Crippen LogP) is 1.73. The van der Waals surface area contributed by atoms with Gasteiger partial charge in [-0.2, -0.15) is 0 Å². The molecule has 0 bridgehead atoms. The highest BCUT2D eigenvalue weighted by Gasteiger charge is 2.27. The summed E-state index contributed by atoms with van der Waals surface area (Å²) >= 11 is 0. The predicted molar refractivity (Wildman–Crippen MR) is 59.2 cm³/mol. The largest absolute Gasteiger partial charge is 0.388 e. The van der Waals surface area contributed by atoms with Gasteiger partial charge in [0.2, 0.25) is 0 Å². The summed E-state index contributed by atoms with van der Waals surface area (Å²) in [5.41, 5.74) is 3.89. The lowest BCUT2D eigenvalue weighted by Gasteiger charge is -2.03. The van der Waals surface area contributed by atoms with Crippen molar-refractivity contribution < 1.29 is 4.79 Å². The second-order valence-corrected chi connectivity index (χ2v) is 3.88. The highest BCUT2D eigenvalue weighted by atomic mass is 16.2. The summed E-state index contributed by atoms with van der Waals surface area (Å²) in [5.74, 6) is 0.0283. The van der Waals surface area contributed by atoms with Gasteiger partial charge in [0.25, 0.3) is 5.91 Å². The van der Waals surface area contributed by atoms with Gasteiger partial charge in [0.15, 0.2) is 0 Å². The molecule has 2 heterocycles. The first-order chi connectivity index (χ1) is 7.36. The lowest BCUT2D eigenvalue weighted by molar-refractivity contribution is -0.110. The number of hydrogen-bond donors (Lipinski definition) is 2. The summed E-state index contributed by atoms with van der Waals surface area (Å²) < 4.78 is 0. The monoisotopic (exact) mass is 200 g/mol. The molecule has 2 N–H and O–H groups in total. The van der Waals surface area contributed by atoms with Crippen molar-refractivity contribution in [1.29, 1.82) is 0 Å². The van der Waals surface area contributed by atoms with Crippen molar-refractivity contribution in [1.82, 2.24) is 5.32 Å². The summed E-state index contributed by atoms with van der Waals surface area (Å²) in [7, 11) is 0. The summed E-state index contributed by atoms with van der Waals surface area (Å²) in [5, 5.41) is 6.18. The van der Waals surface area contributed by atoms with Gasteiger partial charge in [-0.3, -0.25) is 4.79 Å². The van der Waals surface area contributed by atoms with Crippen LogP contribution in [0.25, 0.3) is 5.57 Å². The molecule has 1 fully saturated rings. The Morgan fingerprint density at radius 1 is 1.20 bits per heavy atom. The average molecular weight is 200 g/mol. The van der Waals surface area contributed by atoms with Crippen molar-refractivity contribution in [3.63, 3.8) is 0 Å². The quantitative estimate of drug-likeness (QED) is 0.626. The van der Waals surface area contributed by atoms with Crippen molar-refractivity contribution in [2.75, 3.05) is 11.9 Å². The van der Waals surface area contributed by atoms with Crippen LogP contribution in [0.15, 0.2) is 30.0 Å². The van der Waals surface area contributed by atoms with E-state index in [1.165, 1.54) is 0 Å². The van der Waals surface area contributed by atoms with Crippen molar-refractivity contribution in [3.05, 3.63) is 35.5 Å². The Morgan fingerprint density at radius 3 is 2.87 bits per heavy atom. The summed E-state index contributed by atoms with van der Waals surface area (Å²) in [6, 6.07) is 7.84. The Bertz CT molecular complexity index is 454. The molecule has 0 aliphatic carbocycles. The second kappa shape index (κ2) is 3.12. The fourth-order valence-corrected chi connectivity index (χ4v) is 2.22. The lowest BCUT2D eigenvalue weighted by Crippen LogP contribution is -2.11. The molecule has 2 aliphatic heterocycles. The number of hydrogen-bond acceptors (Lipinski definition) is 2. The minimum Gasteiger partial charge on any atom is -0.388 e. The molecule has 2 aliphatic rings. The van der Waals surface area contributed by atoms with Crippen molar-refractivity contribution >= 4 is 17.2 Å². The van der Waals surface area contributed by atoms with Crippen molar-refractivity contribution in [3.8, 4) is 0 Å². The molecule has 15 heavy (non-hydrogen) atoms. The first kappa shape index (κ1) is 8.53. The molecule has 3 rings (SSSR count). The zero-order valence-electron chi connectivity index (χ0n) is 8.34. The standard InChI is InChI=1S/C12H12N2O/c15-12-11(10-6-3-7-13-10)8-4-1-2-5-9(8)14-12/h1-2,4-5,13H,3,6-7H2,(H,14,15). The number of nitrogens with one attached hydrogen (secondary N) is 2. The number of carbonyl (C=O) groups excluding carboxylic acids is 1. The number of amides is 1. The maximum absolute atomic E-state index is 11.8. The van der Waals surface area contributed by atoms with Crippen LogP contribution in [-0.4, -0.2) is 12.5 Å². The molecule has 1 amide bonds. The zero-order chi connectivity index (χ0) is 10.3. The molecular weight excluding hydrogens is 188 g/mol. The molecule has 1 aromatic rings. The van der Waals surface area contributed by atoms with Gasteiger partial charge < -0.3 is 10.6 Å². The molecule has 0 unspecified atom stereocenters. The van der Waals surface area contributed by atoms with Gasteiger partial charge in [-0.25, -0.2) is 0 Å². The van der Waals surface area contributed by atoms with E-state index in [1.807, 2.05) is 24.3 Å². The highest BCUT2D eigenvalue weighted by molar-refractivity contribution is 6.32. The number of fused-ring (bicyclic) bond motifs is 1. The number of anilines is 1. The van der Waals surface area contributed by atoms with Crippen molar-refractivity contribution in [2.45, 2.75) is 12.8 Å². The third-order valence-corrected chi connectivity index (χ3v) is 2.92. The fourth-order valence-electron chi connectivity index (χ4n) is 2.22. The molecular formula is C12H12N2O. The third kappa shape index (κ3) is 1.23. The average Bonchev–Trinajstić information content (AvgIpc) is 2.82. The normalized spacial score (nSPS) is 23.6. The smallest absolute Gasteiger partial charge is 0.258 e. The van der Waals surface area contributed by atoms with Crippen LogP contribution in [-0.2, 0) is 4.79 Å². The van der Waals surface area contributed by atoms with Crippen LogP contribution in [0, 0.1) is 0 Å². The SMILES string of the molecule is O=C1Nc2ccccc2C1=C1CCCN1. The minimum absolute atomic E-state index is 0.0283. The summed E-state index contributed by atoms with van der Waals surface area (Å²) in [4.78, 5) is 11.8. The molecule has 1 aromatic carbocycles. The maximum Gasteiger partial charge on any atom is 0.258 e. The van der Waals surface area contributed by atoms with Gasteiger partial charge in [0.1, 0.15) is 0 Å². The third-order valence-electron chi connectivity index (χ3n) is 2.92. The first-order valence-corrected chi connectivity index (χ1v) is 5.24. The van der Waals surface area contributed by atoms with Gasteiger partial charge in [-0.05, 0) is 18.9 Å². The van der Waals surface area contributed by atoms with E-state index in [2.05, 4.69) is 10.6 Å². The molecule has 3 nitrogen and oxygen atoms in total. The molecule has 0 saturated carbocycles. The van der Waals surface area contributed by atoms with Crippen LogP contribution in [0.5, 0.6) is 0 Å². The van der Waals surface area contributed by atoms with Crippen LogP contribution in [0.1, 0.15) is 18.4 Å². The summed E-state index contributed by atoms with van der Waals surface area (Å²) in [6.45, 7) is 0.980. The number of allylic oxidation sites excluding steroid dienone is 1. The van der Waals surface area contributed by atoms with E-state index in [4.69, 9.17) is 0 Å². The van der Waals surface area contributed by atoms with Gasteiger partial charge in [-0.15, -0.1) is 0 Å².